The molecule has 3 nitrogen and oxygen atoms in total. The molecule has 1 aliphatic carbocycles. The van der Waals surface area contributed by atoms with E-state index in [1.54, 1.807) is 6.20 Å². The van der Waals surface area contributed by atoms with Gasteiger partial charge in [-0.05, 0) is 65.4 Å². The Labute approximate surface area is 177 Å². The average Bonchev–Trinajstić information content (AvgIpc) is 2.80. The summed E-state index contributed by atoms with van der Waals surface area (Å²) >= 11 is 0. The van der Waals surface area contributed by atoms with Gasteiger partial charge in [-0.15, -0.1) is 0 Å². The maximum absolute atomic E-state index is 5.91. The van der Waals surface area contributed by atoms with Gasteiger partial charge in [-0.25, -0.2) is 0 Å². The van der Waals surface area contributed by atoms with Crippen molar-refractivity contribution >= 4 is 0 Å². The minimum Gasteiger partial charge on any atom is -0.487 e. The highest BCUT2D eigenvalue weighted by Gasteiger charge is 2.40. The first-order chi connectivity index (χ1) is 14.8. The number of ether oxygens (including phenoxy) is 1. The lowest BCUT2D eigenvalue weighted by Crippen LogP contribution is -2.35. The van der Waals surface area contributed by atoms with Crippen LogP contribution in [0.3, 0.4) is 0 Å². The van der Waals surface area contributed by atoms with E-state index in [9.17, 15) is 0 Å². The van der Waals surface area contributed by atoms with Crippen LogP contribution in [0.4, 0.5) is 0 Å². The molecule has 0 amide bonds. The molecule has 0 N–H and O–H groups in total. The van der Waals surface area contributed by atoms with Crippen LogP contribution in [0.25, 0.3) is 11.1 Å². The lowest BCUT2D eigenvalue weighted by molar-refractivity contribution is 0.294. The van der Waals surface area contributed by atoms with Crippen molar-refractivity contribution in [3.8, 4) is 16.9 Å². The molecule has 0 bridgehead atoms. The topological polar surface area (TPSA) is 35.0 Å². The van der Waals surface area contributed by atoms with Gasteiger partial charge in [-0.3, -0.25) is 9.97 Å². The van der Waals surface area contributed by atoms with Crippen molar-refractivity contribution in [2.75, 3.05) is 0 Å². The quantitative estimate of drug-likeness (QED) is 0.392. The van der Waals surface area contributed by atoms with Crippen LogP contribution in [0, 0.1) is 0 Å². The zero-order valence-corrected chi connectivity index (χ0v) is 16.9. The molecule has 148 valence electrons. The summed E-state index contributed by atoms with van der Waals surface area (Å²) in [6, 6.07) is 27.6. The molecule has 1 fully saturated rings. The molecular formula is C27H24N2O. The van der Waals surface area contributed by atoms with Crippen molar-refractivity contribution in [2.24, 2.45) is 0 Å². The fourth-order valence-electron chi connectivity index (χ4n) is 4.30. The first-order valence-corrected chi connectivity index (χ1v) is 10.5. The van der Waals surface area contributed by atoms with Gasteiger partial charge in [-0.1, -0.05) is 55.0 Å². The molecule has 0 unspecified atom stereocenters. The summed E-state index contributed by atoms with van der Waals surface area (Å²) in [4.78, 5) is 8.55. The Kier molecular flexibility index (Phi) is 5.02. The van der Waals surface area contributed by atoms with E-state index in [4.69, 9.17) is 4.74 Å². The van der Waals surface area contributed by atoms with Crippen molar-refractivity contribution in [1.82, 2.24) is 9.97 Å². The lowest BCUT2D eigenvalue weighted by Gasteiger charge is -2.43. The molecule has 3 heteroatoms. The Bertz CT molecular complexity index is 1090. The van der Waals surface area contributed by atoms with E-state index in [1.165, 1.54) is 36.0 Å². The van der Waals surface area contributed by atoms with Crippen LogP contribution in [-0.2, 0) is 12.0 Å². The average molecular weight is 393 g/mol. The van der Waals surface area contributed by atoms with Crippen LogP contribution < -0.4 is 4.74 Å². The molecule has 2 aromatic heterocycles. The normalized spacial score (nSPS) is 14.7. The minimum atomic E-state index is 0.118. The number of benzene rings is 2. The van der Waals surface area contributed by atoms with E-state index < -0.39 is 0 Å². The van der Waals surface area contributed by atoms with Crippen LogP contribution >= 0.6 is 0 Å². The molecule has 0 spiro atoms. The molecule has 1 aliphatic rings. The van der Waals surface area contributed by atoms with E-state index in [2.05, 4.69) is 64.6 Å². The van der Waals surface area contributed by atoms with E-state index in [1.807, 2.05) is 36.7 Å². The maximum Gasteiger partial charge on any atom is 0.130 e. The van der Waals surface area contributed by atoms with Crippen molar-refractivity contribution in [2.45, 2.75) is 31.3 Å². The largest absolute Gasteiger partial charge is 0.487 e. The summed E-state index contributed by atoms with van der Waals surface area (Å²) in [5.74, 6) is 0.880. The highest BCUT2D eigenvalue weighted by molar-refractivity contribution is 5.63. The van der Waals surface area contributed by atoms with E-state index in [0.29, 0.717) is 6.61 Å². The van der Waals surface area contributed by atoms with Crippen LogP contribution in [0.5, 0.6) is 5.75 Å². The maximum atomic E-state index is 5.91. The second kappa shape index (κ2) is 8.11. The number of rotatable bonds is 6. The second-order valence-corrected chi connectivity index (χ2v) is 7.89. The molecule has 0 saturated heterocycles. The van der Waals surface area contributed by atoms with Crippen LogP contribution in [0.1, 0.15) is 36.1 Å². The van der Waals surface area contributed by atoms with Gasteiger partial charge in [0.05, 0.1) is 5.69 Å². The van der Waals surface area contributed by atoms with Crippen LogP contribution in [0.15, 0.2) is 97.5 Å². The van der Waals surface area contributed by atoms with E-state index >= 15 is 0 Å². The van der Waals surface area contributed by atoms with Gasteiger partial charge in [-0.2, -0.15) is 0 Å². The molecule has 4 aromatic rings. The first kappa shape index (κ1) is 18.6. The summed E-state index contributed by atoms with van der Waals surface area (Å²) in [6.45, 7) is 0.487. The number of nitrogens with zero attached hydrogens (tertiary/aromatic N) is 2. The Hall–Kier alpha value is -3.46. The third-order valence-corrected chi connectivity index (χ3v) is 6.16. The molecular weight excluding hydrogens is 368 g/mol. The monoisotopic (exact) mass is 392 g/mol. The van der Waals surface area contributed by atoms with E-state index in [-0.39, 0.29) is 5.41 Å². The Morgan fingerprint density at radius 2 is 1.50 bits per heavy atom. The Balaban J connectivity index is 1.34. The molecule has 0 atom stereocenters. The molecule has 0 radical (unpaired) electrons. The standard InChI is InChI=1S/C27H24N2O/c1-2-18-29-25(6-1)20-30-26-13-11-24(12-14-26)27(15-4-16-27)23-9-7-21(8-10-23)22-5-3-17-28-19-22/h1-3,5-14,17-19H,4,15-16,20H2. The Morgan fingerprint density at radius 1 is 0.733 bits per heavy atom. The highest BCUT2D eigenvalue weighted by Crippen LogP contribution is 2.49. The smallest absolute Gasteiger partial charge is 0.130 e. The van der Waals surface area contributed by atoms with Crippen molar-refractivity contribution in [1.29, 1.82) is 0 Å². The van der Waals surface area contributed by atoms with Gasteiger partial charge in [0, 0.05) is 24.0 Å². The van der Waals surface area contributed by atoms with Crippen molar-refractivity contribution < 1.29 is 4.74 Å². The number of hydrogen-bond donors (Lipinski definition) is 0. The minimum absolute atomic E-state index is 0.118. The van der Waals surface area contributed by atoms with Gasteiger partial charge < -0.3 is 4.74 Å². The van der Waals surface area contributed by atoms with Crippen LogP contribution in [-0.4, -0.2) is 9.97 Å². The SMILES string of the molecule is c1ccc(COc2ccc(C3(c4ccc(-c5cccnc5)cc4)CCC3)cc2)nc1. The third kappa shape index (κ3) is 3.59. The van der Waals surface area contributed by atoms with E-state index in [0.717, 1.165) is 17.0 Å². The lowest BCUT2D eigenvalue weighted by atomic mass is 9.60. The summed E-state index contributed by atoms with van der Waals surface area (Å²) in [5.41, 5.74) is 6.18. The van der Waals surface area contributed by atoms with Crippen molar-refractivity contribution in [3.05, 3.63) is 114 Å². The van der Waals surface area contributed by atoms with Crippen molar-refractivity contribution in [3.63, 3.8) is 0 Å². The second-order valence-electron chi connectivity index (χ2n) is 7.89. The summed E-state index contributed by atoms with van der Waals surface area (Å²) in [5, 5.41) is 0. The summed E-state index contributed by atoms with van der Waals surface area (Å²) in [6.07, 6.45) is 9.16. The zero-order valence-electron chi connectivity index (χ0n) is 16.9. The summed E-state index contributed by atoms with van der Waals surface area (Å²) in [7, 11) is 0. The summed E-state index contributed by atoms with van der Waals surface area (Å²) < 4.78 is 5.91. The van der Waals surface area contributed by atoms with Gasteiger partial charge in [0.15, 0.2) is 0 Å². The first-order valence-electron chi connectivity index (χ1n) is 10.5. The Morgan fingerprint density at radius 3 is 2.10 bits per heavy atom. The zero-order chi connectivity index (χ0) is 20.2. The predicted octanol–water partition coefficient (Wildman–Crippen LogP) is 6.19. The molecule has 2 aromatic carbocycles. The predicted molar refractivity (Wildman–Crippen MR) is 119 cm³/mol. The molecule has 1 saturated carbocycles. The molecule has 2 heterocycles. The number of pyridine rings is 2. The van der Waals surface area contributed by atoms with Gasteiger partial charge in [0.25, 0.3) is 0 Å². The fourth-order valence-corrected chi connectivity index (χ4v) is 4.30. The van der Waals surface area contributed by atoms with Gasteiger partial charge >= 0.3 is 0 Å². The molecule has 0 aliphatic heterocycles. The van der Waals surface area contributed by atoms with Gasteiger partial charge in [0.1, 0.15) is 12.4 Å². The fraction of sp³-hybridized carbons (Fsp3) is 0.185. The molecule has 5 rings (SSSR count). The highest BCUT2D eigenvalue weighted by atomic mass is 16.5. The number of aromatic nitrogens is 2. The number of hydrogen-bond acceptors (Lipinski definition) is 3. The molecule has 30 heavy (non-hydrogen) atoms. The third-order valence-electron chi connectivity index (χ3n) is 6.16. The van der Waals surface area contributed by atoms with Crippen LogP contribution in [0.2, 0.25) is 0 Å². The van der Waals surface area contributed by atoms with Gasteiger partial charge in [0.2, 0.25) is 0 Å².